The predicted octanol–water partition coefficient (Wildman–Crippen LogP) is 2.27. The molecule has 0 aromatic heterocycles. The zero-order valence-corrected chi connectivity index (χ0v) is 9.19. The second-order valence-electron chi connectivity index (χ2n) is 4.04. The number of hydrogen-bond donors (Lipinski definition) is 2. The van der Waals surface area contributed by atoms with Crippen LogP contribution in [-0.4, -0.2) is 12.6 Å². The Balaban J connectivity index is 2.28. The van der Waals surface area contributed by atoms with Gasteiger partial charge in [-0.25, -0.2) is 4.79 Å². The van der Waals surface area contributed by atoms with Crippen molar-refractivity contribution in [1.82, 2.24) is 0 Å². The van der Waals surface area contributed by atoms with Crippen molar-refractivity contribution >= 4 is 22.6 Å². The molecule has 0 unspecified atom stereocenters. The van der Waals surface area contributed by atoms with Crippen molar-refractivity contribution in [1.29, 1.82) is 0 Å². The van der Waals surface area contributed by atoms with Gasteiger partial charge in [-0.1, -0.05) is 24.3 Å². The maximum absolute atomic E-state index is 10.9. The summed E-state index contributed by atoms with van der Waals surface area (Å²) < 4.78 is 5.05. The highest BCUT2D eigenvalue weighted by Crippen LogP contribution is 2.37. The number of nitrogens with one attached hydrogen (secondary N) is 1. The lowest BCUT2D eigenvalue weighted by Gasteiger charge is -2.10. The van der Waals surface area contributed by atoms with Crippen LogP contribution in [0.2, 0.25) is 0 Å². The van der Waals surface area contributed by atoms with Gasteiger partial charge < -0.3 is 15.8 Å². The number of rotatable bonds is 1. The van der Waals surface area contributed by atoms with Gasteiger partial charge in [-0.15, -0.1) is 0 Å². The standard InChI is InChI=1S/C13H12N2O2/c14-13(16)17-12-7-11-9(5-6-15-11)8-3-1-2-4-10(8)12/h1-4,7,15H,5-6H2,(H2,14,16). The fourth-order valence-electron chi connectivity index (χ4n) is 2.34. The molecule has 2 aromatic carbocycles. The normalized spacial score (nSPS) is 13.2. The molecule has 0 saturated carbocycles. The van der Waals surface area contributed by atoms with Crippen LogP contribution in [0.15, 0.2) is 30.3 Å². The minimum atomic E-state index is -0.784. The highest BCUT2D eigenvalue weighted by atomic mass is 16.5. The molecule has 1 aliphatic rings. The van der Waals surface area contributed by atoms with Crippen LogP contribution in [0, 0.1) is 0 Å². The second kappa shape index (κ2) is 3.66. The Morgan fingerprint density at radius 3 is 2.82 bits per heavy atom. The van der Waals surface area contributed by atoms with Gasteiger partial charge in [0.15, 0.2) is 0 Å². The number of carbonyl (C=O) groups is 1. The summed E-state index contributed by atoms with van der Waals surface area (Å²) in [4.78, 5) is 10.9. The van der Waals surface area contributed by atoms with Crippen LogP contribution in [0.25, 0.3) is 10.8 Å². The zero-order valence-electron chi connectivity index (χ0n) is 9.19. The molecule has 0 fully saturated rings. The first-order chi connectivity index (χ1) is 8.25. The van der Waals surface area contributed by atoms with Crippen LogP contribution in [-0.2, 0) is 6.42 Å². The molecule has 4 nitrogen and oxygen atoms in total. The third-order valence-corrected chi connectivity index (χ3v) is 3.02. The molecule has 2 aromatic rings. The topological polar surface area (TPSA) is 64.4 Å². The van der Waals surface area contributed by atoms with E-state index in [1.807, 2.05) is 30.3 Å². The van der Waals surface area contributed by atoms with Gasteiger partial charge in [0.25, 0.3) is 0 Å². The number of anilines is 1. The van der Waals surface area contributed by atoms with E-state index in [0.717, 1.165) is 29.4 Å². The molecule has 3 N–H and O–H groups in total. The SMILES string of the molecule is NC(=O)Oc1cc2c(c3ccccc13)CCN2. The van der Waals surface area contributed by atoms with E-state index in [1.165, 1.54) is 5.56 Å². The molecule has 0 atom stereocenters. The van der Waals surface area contributed by atoms with Crippen molar-refractivity contribution in [2.24, 2.45) is 5.73 Å². The molecule has 86 valence electrons. The summed E-state index contributed by atoms with van der Waals surface area (Å²) in [6, 6.07) is 9.72. The number of benzene rings is 2. The van der Waals surface area contributed by atoms with Gasteiger partial charge in [0.05, 0.1) is 0 Å². The molecule has 1 amide bonds. The van der Waals surface area contributed by atoms with E-state index in [0.29, 0.717) is 5.75 Å². The lowest BCUT2D eigenvalue weighted by atomic mass is 10.0. The van der Waals surface area contributed by atoms with E-state index in [1.54, 1.807) is 0 Å². The molecule has 0 aliphatic carbocycles. The molecule has 0 spiro atoms. The summed E-state index contributed by atoms with van der Waals surface area (Å²) in [5.41, 5.74) is 7.38. The van der Waals surface area contributed by atoms with Crippen LogP contribution < -0.4 is 15.8 Å². The van der Waals surface area contributed by atoms with Crippen molar-refractivity contribution in [3.8, 4) is 5.75 Å². The van der Waals surface area contributed by atoms with E-state index in [2.05, 4.69) is 5.32 Å². The summed E-state index contributed by atoms with van der Waals surface area (Å²) in [6.07, 6.45) is 0.209. The number of primary amides is 1. The van der Waals surface area contributed by atoms with Crippen molar-refractivity contribution in [3.05, 3.63) is 35.9 Å². The van der Waals surface area contributed by atoms with Gasteiger partial charge >= 0.3 is 6.09 Å². The van der Waals surface area contributed by atoms with Crippen molar-refractivity contribution in [2.75, 3.05) is 11.9 Å². The number of ether oxygens (including phenoxy) is 1. The lowest BCUT2D eigenvalue weighted by molar-refractivity contribution is 0.211. The highest BCUT2D eigenvalue weighted by molar-refractivity contribution is 5.97. The molecule has 3 rings (SSSR count). The van der Waals surface area contributed by atoms with E-state index < -0.39 is 6.09 Å². The first-order valence-electron chi connectivity index (χ1n) is 5.51. The van der Waals surface area contributed by atoms with Gasteiger partial charge in [0.2, 0.25) is 0 Å². The van der Waals surface area contributed by atoms with Crippen LogP contribution in [0.3, 0.4) is 0 Å². The fourth-order valence-corrected chi connectivity index (χ4v) is 2.34. The maximum atomic E-state index is 10.9. The Bertz CT molecular complexity index is 608. The number of amides is 1. The van der Waals surface area contributed by atoms with Crippen molar-refractivity contribution in [3.63, 3.8) is 0 Å². The Hall–Kier alpha value is -2.23. The molecular formula is C13H12N2O2. The number of hydrogen-bond acceptors (Lipinski definition) is 3. The molecule has 4 heteroatoms. The fraction of sp³-hybridized carbons (Fsp3) is 0.154. The van der Waals surface area contributed by atoms with Gasteiger partial charge in [-0.3, -0.25) is 0 Å². The quantitative estimate of drug-likeness (QED) is 0.786. The molecule has 0 bridgehead atoms. The van der Waals surface area contributed by atoms with E-state index >= 15 is 0 Å². The first kappa shape index (κ1) is 9.96. The van der Waals surface area contributed by atoms with Crippen LogP contribution in [0.1, 0.15) is 5.56 Å². The van der Waals surface area contributed by atoms with Gasteiger partial charge in [-0.05, 0) is 17.4 Å². The van der Waals surface area contributed by atoms with Gasteiger partial charge in [0, 0.05) is 23.7 Å². The monoisotopic (exact) mass is 228 g/mol. The number of fused-ring (bicyclic) bond motifs is 3. The van der Waals surface area contributed by atoms with E-state index in [-0.39, 0.29) is 0 Å². The summed E-state index contributed by atoms with van der Waals surface area (Å²) in [6.45, 7) is 0.916. The third-order valence-electron chi connectivity index (χ3n) is 3.02. The summed E-state index contributed by atoms with van der Waals surface area (Å²) >= 11 is 0. The minimum absolute atomic E-state index is 0.515. The number of nitrogens with two attached hydrogens (primary N) is 1. The Morgan fingerprint density at radius 1 is 1.29 bits per heavy atom. The average molecular weight is 228 g/mol. The zero-order chi connectivity index (χ0) is 11.8. The molecule has 1 heterocycles. The highest BCUT2D eigenvalue weighted by Gasteiger charge is 2.17. The first-order valence-corrected chi connectivity index (χ1v) is 5.51. The van der Waals surface area contributed by atoms with Crippen LogP contribution in [0.5, 0.6) is 5.75 Å². The largest absolute Gasteiger partial charge is 0.410 e. The van der Waals surface area contributed by atoms with Gasteiger partial charge in [0.1, 0.15) is 5.75 Å². The molecule has 0 saturated heterocycles. The smallest absolute Gasteiger partial charge is 0.409 e. The summed E-state index contributed by atoms with van der Waals surface area (Å²) in [5, 5.41) is 5.32. The molecular weight excluding hydrogens is 216 g/mol. The van der Waals surface area contributed by atoms with Crippen LogP contribution >= 0.6 is 0 Å². The average Bonchev–Trinajstić information content (AvgIpc) is 2.77. The minimum Gasteiger partial charge on any atom is -0.410 e. The molecule has 1 aliphatic heterocycles. The lowest BCUT2D eigenvalue weighted by Crippen LogP contribution is -2.16. The van der Waals surface area contributed by atoms with Crippen molar-refractivity contribution in [2.45, 2.75) is 6.42 Å². The summed E-state index contributed by atoms with van der Waals surface area (Å²) in [5.74, 6) is 0.515. The Labute approximate surface area is 98.4 Å². The Morgan fingerprint density at radius 2 is 2.06 bits per heavy atom. The van der Waals surface area contributed by atoms with Crippen LogP contribution in [0.4, 0.5) is 10.5 Å². The molecule has 0 radical (unpaired) electrons. The van der Waals surface area contributed by atoms with E-state index in [9.17, 15) is 4.79 Å². The third kappa shape index (κ3) is 1.58. The Kier molecular flexibility index (Phi) is 2.14. The number of carbonyl (C=O) groups excluding carboxylic acids is 1. The van der Waals surface area contributed by atoms with Crippen molar-refractivity contribution < 1.29 is 9.53 Å². The summed E-state index contributed by atoms with van der Waals surface area (Å²) in [7, 11) is 0. The van der Waals surface area contributed by atoms with Gasteiger partial charge in [-0.2, -0.15) is 0 Å². The second-order valence-corrected chi connectivity index (χ2v) is 4.04. The predicted molar refractivity (Wildman–Crippen MR) is 66.4 cm³/mol. The maximum Gasteiger partial charge on any atom is 0.409 e. The van der Waals surface area contributed by atoms with E-state index in [4.69, 9.17) is 10.5 Å². The molecule has 17 heavy (non-hydrogen) atoms.